The summed E-state index contributed by atoms with van der Waals surface area (Å²) in [4.78, 5) is 15.6. The van der Waals surface area contributed by atoms with Gasteiger partial charge in [0.2, 0.25) is 5.95 Å². The average Bonchev–Trinajstić information content (AvgIpc) is 2.78. The van der Waals surface area contributed by atoms with Gasteiger partial charge in [0.15, 0.2) is 0 Å². The van der Waals surface area contributed by atoms with Crippen LogP contribution in [0.4, 0.5) is 29.3 Å². The molecule has 0 spiro atoms. The molecule has 3 heterocycles. The number of ether oxygens (including phenoxy) is 1. The van der Waals surface area contributed by atoms with Crippen LogP contribution in [0.5, 0.6) is 0 Å². The number of nitrogen functional groups attached to an aromatic ring is 1. The van der Waals surface area contributed by atoms with E-state index in [-0.39, 0.29) is 22.9 Å². The predicted octanol–water partition coefficient (Wildman–Crippen LogP) is 5.14. The Balaban J connectivity index is 1.84. The second kappa shape index (κ2) is 9.38. The lowest BCUT2D eigenvalue weighted by Gasteiger charge is -2.30. The van der Waals surface area contributed by atoms with Gasteiger partial charge in [-0.3, -0.25) is 0 Å². The van der Waals surface area contributed by atoms with E-state index in [9.17, 15) is 17.6 Å². The second-order valence-corrected chi connectivity index (χ2v) is 9.96. The SMILES string of the molecule is CC(C)(Sc1cccc(F)c1)c1cc(-c2cnc(N)cc2C(F)(F)F)nc(N2CCOCC2)n1. The van der Waals surface area contributed by atoms with Crippen molar-refractivity contribution in [2.24, 2.45) is 0 Å². The van der Waals surface area contributed by atoms with Crippen LogP contribution in [0.3, 0.4) is 0 Å². The quantitative estimate of drug-likeness (QED) is 0.389. The van der Waals surface area contributed by atoms with Crippen LogP contribution in [0.25, 0.3) is 11.3 Å². The molecule has 1 aromatic carbocycles. The van der Waals surface area contributed by atoms with Crippen LogP contribution >= 0.6 is 11.8 Å². The first kappa shape index (κ1) is 24.2. The second-order valence-electron chi connectivity index (χ2n) is 8.26. The fourth-order valence-corrected chi connectivity index (χ4v) is 4.69. The molecule has 0 atom stereocenters. The van der Waals surface area contributed by atoms with Crippen LogP contribution < -0.4 is 10.6 Å². The third-order valence-electron chi connectivity index (χ3n) is 5.30. The summed E-state index contributed by atoms with van der Waals surface area (Å²) in [6, 6.07) is 8.46. The van der Waals surface area contributed by atoms with Gasteiger partial charge in [-0.15, -0.1) is 11.8 Å². The Bertz CT molecular complexity index is 1180. The molecule has 0 aliphatic carbocycles. The van der Waals surface area contributed by atoms with Crippen LogP contribution in [-0.4, -0.2) is 41.3 Å². The molecule has 1 aliphatic heterocycles. The standard InChI is InChI=1S/C23H23F4N5OS/c1-22(2,34-15-5-3-4-14(24)10-15)19-12-18(30-21(31-19)32-6-8-33-9-7-32)16-13-29-20(28)11-17(16)23(25,26)27/h3-5,10-13H,6-9H2,1-2H3,(H2,28,29). The third kappa shape index (κ3) is 5.41. The van der Waals surface area contributed by atoms with E-state index in [2.05, 4.69) is 9.97 Å². The molecule has 0 amide bonds. The van der Waals surface area contributed by atoms with Crippen LogP contribution in [0.15, 0.2) is 47.5 Å². The minimum absolute atomic E-state index is 0.0826. The number of benzene rings is 1. The zero-order valence-corrected chi connectivity index (χ0v) is 19.4. The number of aromatic nitrogens is 3. The number of nitrogens with zero attached hydrogens (tertiary/aromatic N) is 4. The van der Waals surface area contributed by atoms with Gasteiger partial charge in [-0.2, -0.15) is 13.2 Å². The zero-order chi connectivity index (χ0) is 24.5. The average molecular weight is 494 g/mol. The third-order valence-corrected chi connectivity index (χ3v) is 6.51. The largest absolute Gasteiger partial charge is 0.417 e. The predicted molar refractivity (Wildman–Crippen MR) is 123 cm³/mol. The molecule has 0 radical (unpaired) electrons. The molecule has 0 saturated carbocycles. The molecular weight excluding hydrogens is 470 g/mol. The van der Waals surface area contributed by atoms with E-state index in [4.69, 9.17) is 15.5 Å². The van der Waals surface area contributed by atoms with E-state index in [1.54, 1.807) is 12.1 Å². The lowest BCUT2D eigenvalue weighted by molar-refractivity contribution is -0.137. The van der Waals surface area contributed by atoms with E-state index >= 15 is 0 Å². The molecule has 2 N–H and O–H groups in total. The number of rotatable bonds is 5. The number of nitrogens with two attached hydrogens (primary N) is 1. The summed E-state index contributed by atoms with van der Waals surface area (Å²) in [7, 11) is 0. The van der Waals surface area contributed by atoms with Crippen molar-refractivity contribution >= 4 is 23.5 Å². The van der Waals surface area contributed by atoms with Crippen molar-refractivity contribution in [2.45, 2.75) is 29.7 Å². The van der Waals surface area contributed by atoms with E-state index in [1.807, 2.05) is 18.7 Å². The Morgan fingerprint density at radius 3 is 2.47 bits per heavy atom. The van der Waals surface area contributed by atoms with Crippen molar-refractivity contribution in [1.29, 1.82) is 0 Å². The molecule has 3 aromatic rings. The summed E-state index contributed by atoms with van der Waals surface area (Å²) in [5.41, 5.74) is 5.02. The van der Waals surface area contributed by atoms with Crippen molar-refractivity contribution in [1.82, 2.24) is 15.0 Å². The highest BCUT2D eigenvalue weighted by Gasteiger charge is 2.36. The van der Waals surface area contributed by atoms with Gasteiger partial charge in [-0.25, -0.2) is 19.3 Å². The number of anilines is 2. The summed E-state index contributed by atoms with van der Waals surface area (Å²) in [6.07, 6.45) is -3.57. The molecule has 34 heavy (non-hydrogen) atoms. The zero-order valence-electron chi connectivity index (χ0n) is 18.6. The highest BCUT2D eigenvalue weighted by molar-refractivity contribution is 8.00. The topological polar surface area (TPSA) is 77.2 Å². The number of morpholine rings is 1. The van der Waals surface area contributed by atoms with Crippen LogP contribution in [0.2, 0.25) is 0 Å². The van der Waals surface area contributed by atoms with Crippen molar-refractivity contribution in [2.75, 3.05) is 36.9 Å². The maximum absolute atomic E-state index is 13.8. The number of thioether (sulfide) groups is 1. The molecule has 0 unspecified atom stereocenters. The number of pyridine rings is 1. The lowest BCUT2D eigenvalue weighted by Crippen LogP contribution is -2.37. The Morgan fingerprint density at radius 2 is 1.79 bits per heavy atom. The number of halogens is 4. The summed E-state index contributed by atoms with van der Waals surface area (Å²) in [6.45, 7) is 5.69. The molecule has 4 rings (SSSR count). The highest BCUT2D eigenvalue weighted by atomic mass is 32.2. The number of hydrogen-bond donors (Lipinski definition) is 1. The molecule has 2 aromatic heterocycles. The summed E-state index contributed by atoms with van der Waals surface area (Å²) in [5.74, 6) is -0.310. The van der Waals surface area contributed by atoms with E-state index in [0.717, 1.165) is 12.3 Å². The fourth-order valence-electron chi connectivity index (χ4n) is 3.57. The van der Waals surface area contributed by atoms with Gasteiger partial charge in [-0.1, -0.05) is 6.07 Å². The summed E-state index contributed by atoms with van der Waals surface area (Å²) in [5, 5.41) is 0. The van der Waals surface area contributed by atoms with Gasteiger partial charge < -0.3 is 15.4 Å². The first-order valence-corrected chi connectivity index (χ1v) is 11.3. The van der Waals surface area contributed by atoms with Gasteiger partial charge in [-0.05, 0) is 44.2 Å². The Hall–Kier alpha value is -2.92. The number of hydrogen-bond acceptors (Lipinski definition) is 7. The van der Waals surface area contributed by atoms with Gasteiger partial charge in [0.1, 0.15) is 11.6 Å². The van der Waals surface area contributed by atoms with E-state index in [1.165, 1.54) is 30.0 Å². The van der Waals surface area contributed by atoms with Gasteiger partial charge in [0.25, 0.3) is 0 Å². The first-order valence-electron chi connectivity index (χ1n) is 10.5. The Kier molecular flexibility index (Phi) is 6.68. The van der Waals surface area contributed by atoms with Gasteiger partial charge >= 0.3 is 6.18 Å². The molecule has 1 aliphatic rings. The monoisotopic (exact) mass is 493 g/mol. The minimum atomic E-state index is -4.65. The highest BCUT2D eigenvalue weighted by Crippen LogP contribution is 2.43. The van der Waals surface area contributed by atoms with E-state index < -0.39 is 16.5 Å². The molecule has 1 fully saturated rings. The first-order chi connectivity index (χ1) is 16.0. The minimum Gasteiger partial charge on any atom is -0.384 e. The summed E-state index contributed by atoms with van der Waals surface area (Å²) >= 11 is 1.35. The Labute approximate surface area is 198 Å². The van der Waals surface area contributed by atoms with Crippen LogP contribution in [-0.2, 0) is 15.7 Å². The smallest absolute Gasteiger partial charge is 0.384 e. The Morgan fingerprint density at radius 1 is 1.06 bits per heavy atom. The van der Waals surface area contributed by atoms with Crippen molar-refractivity contribution in [3.63, 3.8) is 0 Å². The van der Waals surface area contributed by atoms with Crippen molar-refractivity contribution in [3.05, 3.63) is 59.7 Å². The van der Waals surface area contributed by atoms with Gasteiger partial charge in [0.05, 0.1) is 34.9 Å². The van der Waals surface area contributed by atoms with Gasteiger partial charge in [0, 0.05) is 29.7 Å². The van der Waals surface area contributed by atoms with Crippen molar-refractivity contribution in [3.8, 4) is 11.3 Å². The van der Waals surface area contributed by atoms with Crippen LogP contribution in [0.1, 0.15) is 25.1 Å². The summed E-state index contributed by atoms with van der Waals surface area (Å²) < 4.78 is 59.9. The lowest BCUT2D eigenvalue weighted by atomic mass is 10.0. The molecule has 1 saturated heterocycles. The molecule has 180 valence electrons. The molecular formula is C23H23F4N5OS. The molecule has 0 bridgehead atoms. The normalized spacial score (nSPS) is 14.9. The van der Waals surface area contributed by atoms with E-state index in [0.29, 0.717) is 42.8 Å². The molecule has 11 heteroatoms. The maximum atomic E-state index is 13.8. The number of alkyl halides is 3. The maximum Gasteiger partial charge on any atom is 0.417 e. The van der Waals surface area contributed by atoms with Crippen LogP contribution in [0, 0.1) is 5.82 Å². The fraction of sp³-hybridized carbons (Fsp3) is 0.348. The molecule has 6 nitrogen and oxygen atoms in total. The van der Waals surface area contributed by atoms with Crippen molar-refractivity contribution < 1.29 is 22.3 Å².